The van der Waals surface area contributed by atoms with E-state index in [0.29, 0.717) is 13.2 Å². The first-order valence-corrected chi connectivity index (χ1v) is 10.3. The van der Waals surface area contributed by atoms with Crippen molar-refractivity contribution in [2.75, 3.05) is 24.5 Å². The Balaban J connectivity index is 1.93. The normalized spacial score (nSPS) is 21.7. The highest BCUT2D eigenvalue weighted by molar-refractivity contribution is 7.93. The van der Waals surface area contributed by atoms with Crippen molar-refractivity contribution in [3.05, 3.63) is 40.7 Å². The van der Waals surface area contributed by atoms with E-state index in [2.05, 4.69) is 4.72 Å². The lowest BCUT2D eigenvalue weighted by atomic mass is 9.94. The Morgan fingerprint density at radius 2 is 2.11 bits per heavy atom. The number of nitrogens with one attached hydrogen (secondary N) is 1. The highest BCUT2D eigenvalue weighted by Crippen LogP contribution is 2.38. The average molecular weight is 420 g/mol. The molecule has 1 aromatic carbocycles. The van der Waals surface area contributed by atoms with Crippen molar-refractivity contribution in [2.45, 2.75) is 30.8 Å². The van der Waals surface area contributed by atoms with Gasteiger partial charge in [0.1, 0.15) is 11.1 Å². The minimum atomic E-state index is -4.07. The van der Waals surface area contributed by atoms with Gasteiger partial charge in [0.15, 0.2) is 5.79 Å². The highest BCUT2D eigenvalue weighted by Gasteiger charge is 2.46. The van der Waals surface area contributed by atoms with Crippen molar-refractivity contribution in [1.82, 2.24) is 0 Å². The molecule has 0 bridgehead atoms. The van der Waals surface area contributed by atoms with Gasteiger partial charge in [0.2, 0.25) is 10.0 Å². The molecule has 1 atom stereocenters. The van der Waals surface area contributed by atoms with Gasteiger partial charge in [0.25, 0.3) is 0 Å². The Morgan fingerprint density at radius 1 is 1.41 bits per heavy atom. The Labute approximate surface area is 161 Å². The van der Waals surface area contributed by atoms with Crippen LogP contribution in [0.25, 0.3) is 0 Å². The van der Waals surface area contributed by atoms with Crippen LogP contribution in [0.5, 0.6) is 0 Å². The van der Waals surface area contributed by atoms with Crippen molar-refractivity contribution < 1.29 is 31.8 Å². The van der Waals surface area contributed by atoms with Gasteiger partial charge in [-0.15, -0.1) is 0 Å². The smallest absolute Gasteiger partial charge is 0.335 e. The highest BCUT2D eigenvalue weighted by atomic mass is 35.5. The fourth-order valence-corrected chi connectivity index (χ4v) is 4.94. The standard InChI is InChI=1S/C17H19ClFNO6S/c1-2-24-16(21)12-10-17(25-7-8-26-17)6-5-15(12)27(22,23)20-14-4-3-11(19)9-13(14)18/h3-4,9-10,15,20H,2,5-8H2,1H3. The maximum absolute atomic E-state index is 13.2. The van der Waals surface area contributed by atoms with Crippen LogP contribution in [0.4, 0.5) is 10.1 Å². The zero-order valence-electron chi connectivity index (χ0n) is 14.5. The van der Waals surface area contributed by atoms with Gasteiger partial charge >= 0.3 is 5.97 Å². The summed E-state index contributed by atoms with van der Waals surface area (Å²) >= 11 is 5.91. The Bertz CT molecular complexity index is 866. The molecule has 1 spiro atoms. The molecule has 1 heterocycles. The van der Waals surface area contributed by atoms with Gasteiger partial charge < -0.3 is 14.2 Å². The van der Waals surface area contributed by atoms with Gasteiger partial charge in [-0.2, -0.15) is 0 Å². The van der Waals surface area contributed by atoms with E-state index in [-0.39, 0.29) is 35.7 Å². The van der Waals surface area contributed by atoms with E-state index in [4.69, 9.17) is 25.8 Å². The van der Waals surface area contributed by atoms with Crippen LogP contribution in [0.1, 0.15) is 19.8 Å². The number of rotatable bonds is 5. The van der Waals surface area contributed by atoms with Crippen molar-refractivity contribution >= 4 is 33.3 Å². The van der Waals surface area contributed by atoms with Crippen molar-refractivity contribution in [3.8, 4) is 0 Å². The topological polar surface area (TPSA) is 90.9 Å². The maximum atomic E-state index is 13.2. The molecule has 1 aliphatic carbocycles. The number of esters is 1. The zero-order valence-corrected chi connectivity index (χ0v) is 16.1. The van der Waals surface area contributed by atoms with E-state index in [1.54, 1.807) is 6.92 Å². The molecular weight excluding hydrogens is 401 g/mol. The summed E-state index contributed by atoms with van der Waals surface area (Å²) in [6.45, 7) is 2.43. The molecule has 2 aliphatic rings. The molecule has 10 heteroatoms. The number of hydrogen-bond donors (Lipinski definition) is 1. The third-order valence-electron chi connectivity index (χ3n) is 4.32. The molecular formula is C17H19ClFNO6S. The van der Waals surface area contributed by atoms with Gasteiger partial charge in [-0.05, 0) is 37.6 Å². The Hall–Kier alpha value is -1.68. The molecule has 3 rings (SSSR count). The summed E-state index contributed by atoms with van der Waals surface area (Å²) in [5.41, 5.74) is -0.0364. The van der Waals surface area contributed by atoms with Gasteiger partial charge in [-0.3, -0.25) is 4.72 Å². The second kappa shape index (κ2) is 7.75. The van der Waals surface area contributed by atoms with Crippen molar-refractivity contribution in [2.24, 2.45) is 0 Å². The van der Waals surface area contributed by atoms with Crippen LogP contribution in [-0.4, -0.2) is 45.2 Å². The van der Waals surface area contributed by atoms with E-state index in [0.717, 1.165) is 12.1 Å². The second-order valence-electron chi connectivity index (χ2n) is 6.13. The molecule has 1 saturated heterocycles. The summed E-state index contributed by atoms with van der Waals surface area (Å²) in [4.78, 5) is 12.4. The Morgan fingerprint density at radius 3 is 2.74 bits per heavy atom. The van der Waals surface area contributed by atoms with Crippen molar-refractivity contribution in [3.63, 3.8) is 0 Å². The first-order chi connectivity index (χ1) is 12.8. The molecule has 1 N–H and O–H groups in total. The van der Waals surface area contributed by atoms with Gasteiger partial charge in [-0.1, -0.05) is 11.6 Å². The molecule has 27 heavy (non-hydrogen) atoms. The summed E-state index contributed by atoms with van der Waals surface area (Å²) in [5.74, 6) is -2.46. The van der Waals surface area contributed by atoms with E-state index in [1.807, 2.05) is 0 Å². The minimum absolute atomic E-state index is 0.0231. The number of benzene rings is 1. The minimum Gasteiger partial charge on any atom is -0.463 e. The molecule has 148 valence electrons. The van der Waals surface area contributed by atoms with Crippen LogP contribution < -0.4 is 4.72 Å². The number of carbonyl (C=O) groups excluding carboxylic acids is 1. The third kappa shape index (κ3) is 4.26. The lowest BCUT2D eigenvalue weighted by Gasteiger charge is -2.33. The molecule has 0 saturated carbocycles. The van der Waals surface area contributed by atoms with Gasteiger partial charge in [0.05, 0.1) is 36.1 Å². The van der Waals surface area contributed by atoms with Crippen LogP contribution in [0.2, 0.25) is 5.02 Å². The average Bonchev–Trinajstić information content (AvgIpc) is 3.05. The molecule has 1 unspecified atom stereocenters. The number of halogens is 2. The lowest BCUT2D eigenvalue weighted by Crippen LogP contribution is -2.42. The summed E-state index contributed by atoms with van der Waals surface area (Å²) in [6.07, 6.45) is 1.73. The number of carbonyl (C=O) groups is 1. The summed E-state index contributed by atoms with van der Waals surface area (Å²) in [7, 11) is -4.07. The van der Waals surface area contributed by atoms with Crippen molar-refractivity contribution in [1.29, 1.82) is 0 Å². The van der Waals surface area contributed by atoms with Gasteiger partial charge in [-0.25, -0.2) is 17.6 Å². The van der Waals surface area contributed by atoms with E-state index >= 15 is 0 Å². The molecule has 7 nitrogen and oxygen atoms in total. The van der Waals surface area contributed by atoms with Crippen LogP contribution in [-0.2, 0) is 29.0 Å². The maximum Gasteiger partial charge on any atom is 0.335 e. The fraction of sp³-hybridized carbons (Fsp3) is 0.471. The SMILES string of the molecule is CCOC(=O)C1=CC2(CCC1S(=O)(=O)Nc1ccc(F)cc1Cl)OCCO2. The van der Waals surface area contributed by atoms with E-state index < -0.39 is 32.8 Å². The van der Waals surface area contributed by atoms with Crippen LogP contribution in [0, 0.1) is 5.82 Å². The van der Waals surface area contributed by atoms with Crippen LogP contribution in [0.15, 0.2) is 29.8 Å². The molecule has 0 radical (unpaired) electrons. The molecule has 0 amide bonds. The number of hydrogen-bond acceptors (Lipinski definition) is 6. The first kappa shape index (κ1) is 20.1. The van der Waals surface area contributed by atoms with Gasteiger partial charge in [0, 0.05) is 6.42 Å². The largest absolute Gasteiger partial charge is 0.463 e. The predicted molar refractivity (Wildman–Crippen MR) is 96.3 cm³/mol. The summed E-state index contributed by atoms with van der Waals surface area (Å²) in [5, 5.41) is -1.27. The monoisotopic (exact) mass is 419 g/mol. The summed E-state index contributed by atoms with van der Waals surface area (Å²) in [6, 6.07) is 3.30. The summed E-state index contributed by atoms with van der Waals surface area (Å²) < 4.78 is 57.5. The quantitative estimate of drug-likeness (QED) is 0.738. The number of ether oxygens (including phenoxy) is 3. The number of anilines is 1. The predicted octanol–water partition coefficient (Wildman–Crippen LogP) is 2.62. The third-order valence-corrected chi connectivity index (χ3v) is 6.38. The zero-order chi connectivity index (χ0) is 19.7. The van der Waals surface area contributed by atoms with E-state index in [1.165, 1.54) is 12.1 Å². The lowest BCUT2D eigenvalue weighted by molar-refractivity contribution is -0.143. The fourth-order valence-electron chi connectivity index (χ4n) is 3.11. The molecule has 1 fully saturated rings. The second-order valence-corrected chi connectivity index (χ2v) is 8.40. The molecule has 1 aromatic rings. The number of sulfonamides is 1. The Kier molecular flexibility index (Phi) is 5.76. The van der Waals surface area contributed by atoms with E-state index in [9.17, 15) is 17.6 Å². The molecule has 0 aromatic heterocycles. The molecule has 1 aliphatic heterocycles. The van der Waals surface area contributed by atoms with Crippen LogP contribution in [0.3, 0.4) is 0 Å². The first-order valence-electron chi connectivity index (χ1n) is 8.41. The van der Waals surface area contributed by atoms with Crippen LogP contribution >= 0.6 is 11.6 Å².